The Bertz CT molecular complexity index is 582. The summed E-state index contributed by atoms with van der Waals surface area (Å²) in [5.74, 6) is 5.49. The summed E-state index contributed by atoms with van der Waals surface area (Å²) in [5, 5.41) is 0.504. The number of benzene rings is 1. The fourth-order valence-electron chi connectivity index (χ4n) is 1.91. The van der Waals surface area contributed by atoms with Crippen LogP contribution in [0.5, 0.6) is 0 Å². The molecular formula is C14H13ClF3N3. The molecule has 1 unspecified atom stereocenters. The number of hydrogen-bond acceptors (Lipinski definition) is 3. The van der Waals surface area contributed by atoms with Gasteiger partial charge in [-0.15, -0.1) is 0 Å². The van der Waals surface area contributed by atoms with Crippen molar-refractivity contribution in [1.29, 1.82) is 0 Å². The molecule has 1 heterocycles. The summed E-state index contributed by atoms with van der Waals surface area (Å²) in [4.78, 5) is 4.15. The number of nitrogens with one attached hydrogen (secondary N) is 1. The molecule has 1 aromatic carbocycles. The number of alkyl halides is 3. The van der Waals surface area contributed by atoms with E-state index in [9.17, 15) is 13.2 Å². The first kappa shape index (κ1) is 15.8. The van der Waals surface area contributed by atoms with Crippen LogP contribution in [0.3, 0.4) is 0 Å². The van der Waals surface area contributed by atoms with E-state index in [1.54, 1.807) is 12.1 Å². The highest BCUT2D eigenvalue weighted by atomic mass is 35.5. The van der Waals surface area contributed by atoms with E-state index in [1.165, 1.54) is 18.3 Å². The number of nitrogens with two attached hydrogens (primary N) is 1. The topological polar surface area (TPSA) is 50.9 Å². The summed E-state index contributed by atoms with van der Waals surface area (Å²) in [5.41, 5.74) is 3.32. The molecule has 0 radical (unpaired) electrons. The van der Waals surface area contributed by atoms with Crippen LogP contribution in [-0.4, -0.2) is 4.98 Å². The third-order valence-corrected chi connectivity index (χ3v) is 3.25. The van der Waals surface area contributed by atoms with E-state index in [0.29, 0.717) is 17.1 Å². The molecule has 1 atom stereocenters. The number of rotatable bonds is 4. The Balaban J connectivity index is 2.13. The summed E-state index contributed by atoms with van der Waals surface area (Å²) >= 11 is 5.76. The second-order valence-electron chi connectivity index (χ2n) is 4.52. The Hall–Kier alpha value is -1.63. The van der Waals surface area contributed by atoms with Gasteiger partial charge in [0.05, 0.1) is 22.3 Å². The predicted molar refractivity (Wildman–Crippen MR) is 74.5 cm³/mol. The van der Waals surface area contributed by atoms with Crippen molar-refractivity contribution in [1.82, 2.24) is 10.4 Å². The molecule has 21 heavy (non-hydrogen) atoms. The Labute approximate surface area is 124 Å². The zero-order valence-electron chi connectivity index (χ0n) is 10.9. The van der Waals surface area contributed by atoms with Gasteiger partial charge in [0.25, 0.3) is 0 Å². The molecule has 3 nitrogen and oxygen atoms in total. The van der Waals surface area contributed by atoms with Crippen LogP contribution in [0.2, 0.25) is 5.02 Å². The second kappa shape index (κ2) is 6.43. The highest BCUT2D eigenvalue weighted by Gasteiger charge is 2.30. The van der Waals surface area contributed by atoms with Crippen LogP contribution in [0.15, 0.2) is 42.6 Å². The molecule has 0 aliphatic rings. The molecule has 112 valence electrons. The number of hydrazine groups is 1. The second-order valence-corrected chi connectivity index (χ2v) is 4.96. The molecule has 0 bridgehead atoms. The SMILES string of the molecule is NNC(Cc1ccc(C(F)(F)F)cc1)c1ccc(Cl)cn1. The van der Waals surface area contributed by atoms with Gasteiger partial charge in [0.2, 0.25) is 0 Å². The van der Waals surface area contributed by atoms with Crippen LogP contribution in [0.4, 0.5) is 13.2 Å². The monoisotopic (exact) mass is 315 g/mol. The molecule has 2 aromatic rings. The lowest BCUT2D eigenvalue weighted by atomic mass is 10.0. The molecule has 0 saturated heterocycles. The molecule has 0 aliphatic carbocycles. The van der Waals surface area contributed by atoms with Crippen LogP contribution in [-0.2, 0) is 12.6 Å². The first-order valence-electron chi connectivity index (χ1n) is 6.14. The fourth-order valence-corrected chi connectivity index (χ4v) is 2.02. The maximum Gasteiger partial charge on any atom is 0.416 e. The molecule has 1 aromatic heterocycles. The largest absolute Gasteiger partial charge is 0.416 e. The minimum absolute atomic E-state index is 0.306. The van der Waals surface area contributed by atoms with Gasteiger partial charge in [-0.05, 0) is 36.2 Å². The van der Waals surface area contributed by atoms with Gasteiger partial charge < -0.3 is 0 Å². The Morgan fingerprint density at radius 1 is 1.14 bits per heavy atom. The van der Waals surface area contributed by atoms with Crippen molar-refractivity contribution in [3.8, 4) is 0 Å². The van der Waals surface area contributed by atoms with Gasteiger partial charge in [-0.1, -0.05) is 23.7 Å². The Kier molecular flexibility index (Phi) is 4.82. The van der Waals surface area contributed by atoms with E-state index >= 15 is 0 Å². The summed E-state index contributed by atoms with van der Waals surface area (Å²) in [6, 6.07) is 8.07. The molecule has 2 rings (SSSR count). The summed E-state index contributed by atoms with van der Waals surface area (Å²) in [6.45, 7) is 0. The third kappa shape index (κ3) is 4.17. The van der Waals surface area contributed by atoms with Crippen LogP contribution in [0, 0.1) is 0 Å². The molecule has 0 saturated carbocycles. The van der Waals surface area contributed by atoms with E-state index in [-0.39, 0.29) is 6.04 Å². The lowest BCUT2D eigenvalue weighted by molar-refractivity contribution is -0.137. The molecule has 0 aliphatic heterocycles. The zero-order chi connectivity index (χ0) is 15.5. The summed E-state index contributed by atoms with van der Waals surface area (Å²) < 4.78 is 37.5. The normalized spacial score (nSPS) is 13.2. The molecule has 0 amide bonds. The van der Waals surface area contributed by atoms with Crippen molar-refractivity contribution in [2.24, 2.45) is 5.84 Å². The van der Waals surface area contributed by atoms with Gasteiger partial charge in [0, 0.05) is 6.20 Å². The van der Waals surface area contributed by atoms with Crippen molar-refractivity contribution in [3.63, 3.8) is 0 Å². The van der Waals surface area contributed by atoms with Crippen LogP contribution in [0.25, 0.3) is 0 Å². The lowest BCUT2D eigenvalue weighted by Gasteiger charge is -2.16. The summed E-state index contributed by atoms with van der Waals surface area (Å²) in [6.07, 6.45) is -2.42. The number of aromatic nitrogens is 1. The molecule has 3 N–H and O–H groups in total. The van der Waals surface area contributed by atoms with Gasteiger partial charge in [-0.2, -0.15) is 13.2 Å². The van der Waals surface area contributed by atoms with Crippen molar-refractivity contribution < 1.29 is 13.2 Å². The van der Waals surface area contributed by atoms with E-state index in [4.69, 9.17) is 17.4 Å². The smallest absolute Gasteiger partial charge is 0.271 e. The van der Waals surface area contributed by atoms with E-state index in [2.05, 4.69) is 10.4 Å². The van der Waals surface area contributed by atoms with Crippen molar-refractivity contribution in [2.45, 2.75) is 18.6 Å². The van der Waals surface area contributed by atoms with Crippen molar-refractivity contribution >= 4 is 11.6 Å². The van der Waals surface area contributed by atoms with Gasteiger partial charge in [-0.3, -0.25) is 16.3 Å². The lowest BCUT2D eigenvalue weighted by Crippen LogP contribution is -2.30. The fraction of sp³-hybridized carbons (Fsp3) is 0.214. The summed E-state index contributed by atoms with van der Waals surface area (Å²) in [7, 11) is 0. The van der Waals surface area contributed by atoms with Gasteiger partial charge in [0.1, 0.15) is 0 Å². The number of hydrogen-bond donors (Lipinski definition) is 2. The molecule has 0 fully saturated rings. The minimum Gasteiger partial charge on any atom is -0.271 e. The Morgan fingerprint density at radius 2 is 1.81 bits per heavy atom. The van der Waals surface area contributed by atoms with Crippen molar-refractivity contribution in [3.05, 3.63) is 64.4 Å². The quantitative estimate of drug-likeness (QED) is 0.670. The predicted octanol–water partition coefficient (Wildman–Crippen LogP) is 3.50. The average Bonchev–Trinajstić information content (AvgIpc) is 2.45. The Morgan fingerprint density at radius 3 is 2.29 bits per heavy atom. The first-order valence-corrected chi connectivity index (χ1v) is 6.51. The van der Waals surface area contributed by atoms with Gasteiger partial charge in [-0.25, -0.2) is 0 Å². The van der Waals surface area contributed by atoms with Crippen LogP contribution in [0.1, 0.15) is 22.9 Å². The number of nitrogens with zero attached hydrogens (tertiary/aromatic N) is 1. The average molecular weight is 316 g/mol. The van der Waals surface area contributed by atoms with Gasteiger partial charge >= 0.3 is 6.18 Å². The molecule has 0 spiro atoms. The molecule has 7 heteroatoms. The van der Waals surface area contributed by atoms with E-state index in [1.807, 2.05) is 0 Å². The highest BCUT2D eigenvalue weighted by molar-refractivity contribution is 6.30. The highest BCUT2D eigenvalue weighted by Crippen LogP contribution is 2.29. The van der Waals surface area contributed by atoms with Crippen LogP contribution < -0.4 is 11.3 Å². The number of pyridine rings is 1. The first-order chi connectivity index (χ1) is 9.90. The number of halogens is 4. The van der Waals surface area contributed by atoms with Crippen LogP contribution >= 0.6 is 11.6 Å². The third-order valence-electron chi connectivity index (χ3n) is 3.03. The zero-order valence-corrected chi connectivity index (χ0v) is 11.6. The maximum atomic E-state index is 12.5. The molecular weight excluding hydrogens is 303 g/mol. The van der Waals surface area contributed by atoms with Crippen molar-refractivity contribution in [2.75, 3.05) is 0 Å². The maximum absolute atomic E-state index is 12.5. The van der Waals surface area contributed by atoms with E-state index in [0.717, 1.165) is 17.7 Å². The standard InChI is InChI=1S/C14H13ClF3N3/c15-11-5-6-12(20-8-11)13(21-19)7-9-1-3-10(4-2-9)14(16,17)18/h1-6,8,13,21H,7,19H2. The minimum atomic E-state index is -4.33. The van der Waals surface area contributed by atoms with Gasteiger partial charge in [0.15, 0.2) is 0 Å². The van der Waals surface area contributed by atoms with E-state index < -0.39 is 11.7 Å².